The first-order chi connectivity index (χ1) is 8.96. The Labute approximate surface area is 113 Å². The largest absolute Gasteiger partial charge is 0.468 e. The topological polar surface area (TPSA) is 52.6 Å². The monoisotopic (exact) mass is 262 g/mol. The molecule has 0 aliphatic heterocycles. The normalized spacial score (nSPS) is 10.2. The minimum absolute atomic E-state index is 0.583. The van der Waals surface area contributed by atoms with Gasteiger partial charge in [-0.1, -0.05) is 30.4 Å². The number of carbonyl (C=O) groups is 2. The molecule has 4 heteroatoms. The van der Waals surface area contributed by atoms with Crippen LogP contribution < -0.4 is 0 Å². The van der Waals surface area contributed by atoms with Crippen molar-refractivity contribution in [3.8, 4) is 0 Å². The number of benzene rings is 1. The smallest absolute Gasteiger partial charge is 0.324 e. The van der Waals surface area contributed by atoms with Crippen molar-refractivity contribution in [2.75, 3.05) is 14.2 Å². The molecule has 0 radical (unpaired) electrons. The van der Waals surface area contributed by atoms with Crippen LogP contribution in [0.2, 0.25) is 0 Å². The van der Waals surface area contributed by atoms with Crippen molar-refractivity contribution in [2.24, 2.45) is 0 Å². The summed E-state index contributed by atoms with van der Waals surface area (Å²) in [5.74, 6) is -2.35. The molecule has 0 N–H and O–H groups in total. The van der Waals surface area contributed by atoms with Crippen molar-refractivity contribution in [1.82, 2.24) is 0 Å². The van der Waals surface area contributed by atoms with E-state index in [0.717, 1.165) is 16.7 Å². The van der Waals surface area contributed by atoms with Gasteiger partial charge in [0, 0.05) is 0 Å². The van der Waals surface area contributed by atoms with Crippen LogP contribution in [0, 0.1) is 13.8 Å². The molecule has 0 spiro atoms. The predicted octanol–water partition coefficient (Wildman–Crippen LogP) is 2.38. The number of aryl methyl sites for hydroxylation is 2. The van der Waals surface area contributed by atoms with E-state index in [-0.39, 0.29) is 0 Å². The molecule has 0 fully saturated rings. The summed E-state index contributed by atoms with van der Waals surface area (Å²) in [5.41, 5.74) is 3.18. The lowest BCUT2D eigenvalue weighted by atomic mass is 9.88. The Hall–Kier alpha value is -2.10. The minimum Gasteiger partial charge on any atom is -0.468 e. The Morgan fingerprint density at radius 1 is 1.16 bits per heavy atom. The van der Waals surface area contributed by atoms with Gasteiger partial charge in [0.1, 0.15) is 0 Å². The van der Waals surface area contributed by atoms with E-state index in [1.807, 2.05) is 26.0 Å². The minimum atomic E-state index is -1.08. The molecule has 0 aliphatic rings. The standard InChI is InChI=1S/C15H18O4/c1-6-11-8-9(2)7-10(3)12(11)13(14(16)18-4)15(17)19-5/h6-8,13H,1H2,2-5H3. The molecule has 0 bridgehead atoms. The fourth-order valence-corrected chi connectivity index (χ4v) is 2.14. The second-order valence-electron chi connectivity index (χ2n) is 4.27. The Morgan fingerprint density at radius 2 is 1.68 bits per heavy atom. The van der Waals surface area contributed by atoms with E-state index < -0.39 is 17.9 Å². The van der Waals surface area contributed by atoms with Crippen LogP contribution in [-0.4, -0.2) is 26.2 Å². The lowest BCUT2D eigenvalue weighted by Gasteiger charge is -2.18. The summed E-state index contributed by atoms with van der Waals surface area (Å²) < 4.78 is 9.40. The van der Waals surface area contributed by atoms with Gasteiger partial charge in [-0.15, -0.1) is 0 Å². The van der Waals surface area contributed by atoms with Gasteiger partial charge in [-0.3, -0.25) is 9.59 Å². The van der Waals surface area contributed by atoms with Crippen LogP contribution in [0.4, 0.5) is 0 Å². The van der Waals surface area contributed by atoms with E-state index in [0.29, 0.717) is 5.56 Å². The third-order valence-corrected chi connectivity index (χ3v) is 2.95. The summed E-state index contributed by atoms with van der Waals surface area (Å²) in [6.45, 7) is 7.50. The fraction of sp³-hybridized carbons (Fsp3) is 0.333. The van der Waals surface area contributed by atoms with Crippen LogP contribution in [0.1, 0.15) is 28.2 Å². The van der Waals surface area contributed by atoms with Gasteiger partial charge in [0.15, 0.2) is 5.92 Å². The highest BCUT2D eigenvalue weighted by molar-refractivity contribution is 6.02. The van der Waals surface area contributed by atoms with Crippen molar-refractivity contribution < 1.29 is 19.1 Å². The quantitative estimate of drug-likeness (QED) is 0.617. The van der Waals surface area contributed by atoms with E-state index >= 15 is 0 Å². The molecular formula is C15H18O4. The number of methoxy groups -OCH3 is 2. The molecule has 0 amide bonds. The summed E-state index contributed by atoms with van der Waals surface area (Å²) in [7, 11) is 2.49. The summed E-state index contributed by atoms with van der Waals surface area (Å²) in [6.07, 6.45) is 1.62. The Bertz CT molecular complexity index is 501. The van der Waals surface area contributed by atoms with Gasteiger partial charge < -0.3 is 9.47 Å². The van der Waals surface area contributed by atoms with Crippen molar-refractivity contribution in [1.29, 1.82) is 0 Å². The molecule has 0 aromatic heterocycles. The number of hydrogen-bond donors (Lipinski definition) is 0. The van der Waals surface area contributed by atoms with Gasteiger partial charge >= 0.3 is 11.9 Å². The molecule has 1 rings (SSSR count). The molecule has 4 nitrogen and oxygen atoms in total. The van der Waals surface area contributed by atoms with Gasteiger partial charge in [-0.2, -0.15) is 0 Å². The number of hydrogen-bond acceptors (Lipinski definition) is 4. The average molecular weight is 262 g/mol. The molecule has 1 aromatic carbocycles. The second kappa shape index (κ2) is 6.18. The Morgan fingerprint density at radius 3 is 2.11 bits per heavy atom. The molecule has 0 aliphatic carbocycles. The first-order valence-corrected chi connectivity index (χ1v) is 5.85. The molecule has 0 unspecified atom stereocenters. The zero-order chi connectivity index (χ0) is 14.6. The molecule has 1 aromatic rings. The van der Waals surface area contributed by atoms with E-state index in [1.54, 1.807) is 6.08 Å². The molecule has 0 atom stereocenters. The van der Waals surface area contributed by atoms with Gasteiger partial charge in [0.25, 0.3) is 0 Å². The van der Waals surface area contributed by atoms with Crippen LogP contribution in [0.5, 0.6) is 0 Å². The van der Waals surface area contributed by atoms with Crippen LogP contribution in [-0.2, 0) is 19.1 Å². The maximum Gasteiger partial charge on any atom is 0.324 e. The molecule has 0 heterocycles. The highest BCUT2D eigenvalue weighted by Crippen LogP contribution is 2.28. The lowest BCUT2D eigenvalue weighted by Crippen LogP contribution is -2.26. The van der Waals surface area contributed by atoms with Crippen molar-refractivity contribution >= 4 is 18.0 Å². The highest BCUT2D eigenvalue weighted by atomic mass is 16.5. The van der Waals surface area contributed by atoms with E-state index in [9.17, 15) is 9.59 Å². The molecule has 102 valence electrons. The predicted molar refractivity (Wildman–Crippen MR) is 72.8 cm³/mol. The van der Waals surface area contributed by atoms with Gasteiger partial charge in [-0.25, -0.2) is 0 Å². The summed E-state index contributed by atoms with van der Waals surface area (Å²) in [6, 6.07) is 3.77. The van der Waals surface area contributed by atoms with Crippen LogP contribution >= 0.6 is 0 Å². The van der Waals surface area contributed by atoms with Crippen molar-refractivity contribution in [3.05, 3.63) is 41.0 Å². The highest BCUT2D eigenvalue weighted by Gasteiger charge is 2.33. The SMILES string of the molecule is C=Cc1cc(C)cc(C)c1C(C(=O)OC)C(=O)OC. The zero-order valence-electron chi connectivity index (χ0n) is 11.6. The number of carbonyl (C=O) groups excluding carboxylic acids is 2. The number of esters is 2. The number of rotatable bonds is 4. The van der Waals surface area contributed by atoms with E-state index in [1.165, 1.54) is 14.2 Å². The zero-order valence-corrected chi connectivity index (χ0v) is 11.6. The van der Waals surface area contributed by atoms with Gasteiger partial charge in [0.2, 0.25) is 0 Å². The summed E-state index contributed by atoms with van der Waals surface area (Å²) in [4.78, 5) is 23.7. The third kappa shape index (κ3) is 3.02. The Kier molecular flexibility index (Phi) is 4.87. The van der Waals surface area contributed by atoms with E-state index in [2.05, 4.69) is 6.58 Å². The Balaban J connectivity index is 3.49. The molecule has 19 heavy (non-hydrogen) atoms. The molecular weight excluding hydrogens is 244 g/mol. The second-order valence-corrected chi connectivity index (χ2v) is 4.27. The van der Waals surface area contributed by atoms with Crippen LogP contribution in [0.15, 0.2) is 18.7 Å². The molecule has 0 saturated heterocycles. The van der Waals surface area contributed by atoms with Crippen molar-refractivity contribution in [2.45, 2.75) is 19.8 Å². The first-order valence-electron chi connectivity index (χ1n) is 5.85. The van der Waals surface area contributed by atoms with Crippen LogP contribution in [0.25, 0.3) is 6.08 Å². The van der Waals surface area contributed by atoms with E-state index in [4.69, 9.17) is 9.47 Å². The van der Waals surface area contributed by atoms with Crippen molar-refractivity contribution in [3.63, 3.8) is 0 Å². The summed E-state index contributed by atoms with van der Waals surface area (Å²) in [5, 5.41) is 0. The van der Waals surface area contributed by atoms with Gasteiger partial charge in [-0.05, 0) is 30.5 Å². The maximum absolute atomic E-state index is 11.9. The third-order valence-electron chi connectivity index (χ3n) is 2.95. The van der Waals surface area contributed by atoms with Crippen LogP contribution in [0.3, 0.4) is 0 Å². The molecule has 0 saturated carbocycles. The number of ether oxygens (including phenoxy) is 2. The first kappa shape index (κ1) is 15.0. The fourth-order valence-electron chi connectivity index (χ4n) is 2.14. The average Bonchev–Trinajstić information content (AvgIpc) is 2.39. The lowest BCUT2D eigenvalue weighted by molar-refractivity contribution is -0.154. The maximum atomic E-state index is 11.9. The summed E-state index contributed by atoms with van der Waals surface area (Å²) >= 11 is 0. The van der Waals surface area contributed by atoms with Gasteiger partial charge in [0.05, 0.1) is 14.2 Å².